The van der Waals surface area contributed by atoms with Crippen LogP contribution in [-0.2, 0) is 6.42 Å². The van der Waals surface area contributed by atoms with Crippen LogP contribution in [0.25, 0.3) is 11.9 Å². The van der Waals surface area contributed by atoms with E-state index in [9.17, 15) is 8.78 Å². The van der Waals surface area contributed by atoms with Crippen molar-refractivity contribution < 1.29 is 13.9 Å². The van der Waals surface area contributed by atoms with E-state index >= 15 is 0 Å². The summed E-state index contributed by atoms with van der Waals surface area (Å²) in [7, 11) is 0. The maximum atomic E-state index is 14.2. The molecule has 3 aromatic rings. The van der Waals surface area contributed by atoms with Crippen molar-refractivity contribution in [2.75, 3.05) is 55.3 Å². The number of anilines is 3. The molecule has 12 heteroatoms. The van der Waals surface area contributed by atoms with E-state index in [2.05, 4.69) is 36.3 Å². The topological polar surface area (TPSA) is 108 Å². The molecule has 4 N–H and O–H groups in total. The van der Waals surface area contributed by atoms with Crippen LogP contribution in [0.1, 0.15) is 23.2 Å². The molecule has 2 aromatic heterocycles. The molecule has 37 heavy (non-hydrogen) atoms. The zero-order chi connectivity index (χ0) is 25.2. The minimum absolute atomic E-state index is 0. The maximum Gasteiger partial charge on any atom is 0.224 e. The highest BCUT2D eigenvalue weighted by molar-refractivity contribution is 5.85. The molecule has 1 atom stereocenters. The smallest absolute Gasteiger partial charge is 0.224 e. The number of nitrogen functional groups attached to an aromatic ring is 1. The molecule has 4 heterocycles. The third-order valence-corrected chi connectivity index (χ3v) is 6.81. The summed E-state index contributed by atoms with van der Waals surface area (Å²) in [5.41, 5.74) is 9.07. The van der Waals surface area contributed by atoms with Crippen LogP contribution in [0.15, 0.2) is 30.5 Å². The van der Waals surface area contributed by atoms with Crippen LogP contribution in [-0.4, -0.2) is 75.1 Å². The summed E-state index contributed by atoms with van der Waals surface area (Å²) in [5, 5.41) is 16.5. The van der Waals surface area contributed by atoms with E-state index in [0.29, 0.717) is 35.9 Å². The normalized spacial score (nSPS) is 17.4. The third kappa shape index (κ3) is 5.68. The molecule has 1 aromatic carbocycles. The lowest BCUT2D eigenvalue weighted by atomic mass is 9.93. The van der Waals surface area contributed by atoms with Crippen LogP contribution in [0.2, 0.25) is 0 Å². The van der Waals surface area contributed by atoms with Crippen molar-refractivity contribution in [1.82, 2.24) is 24.6 Å². The number of nitrogens with zero attached hydrogens (tertiary/aromatic N) is 6. The van der Waals surface area contributed by atoms with Crippen LogP contribution < -0.4 is 16.0 Å². The second-order valence-corrected chi connectivity index (χ2v) is 9.15. The van der Waals surface area contributed by atoms with E-state index in [1.165, 1.54) is 6.07 Å². The Kier molecular flexibility index (Phi) is 8.25. The van der Waals surface area contributed by atoms with Gasteiger partial charge in [0, 0.05) is 67.7 Å². The predicted molar refractivity (Wildman–Crippen MR) is 142 cm³/mol. The van der Waals surface area contributed by atoms with Gasteiger partial charge >= 0.3 is 0 Å². The standard InChI is InChI=1S/C25H30F2N8O.ClH/c1-16-17(14-30-35(16)24-13-23(29-6-10-36)31-25(28)32-24)3-2-7-33-8-9-34-19(15-33)4-5-20-21(27)11-18(26)12-22(20)34;/h2-3,11-14,19,36H,4-10,15H2,1H3,(H3,28,29,31,32);1H/b3-2+;. The molecule has 1 fully saturated rings. The largest absolute Gasteiger partial charge is 0.395 e. The first-order valence-electron chi connectivity index (χ1n) is 12.1. The highest BCUT2D eigenvalue weighted by atomic mass is 35.5. The fourth-order valence-corrected chi connectivity index (χ4v) is 5.04. The van der Waals surface area contributed by atoms with Crippen molar-refractivity contribution in [3.05, 3.63) is 58.9 Å². The number of rotatable bonds is 7. The van der Waals surface area contributed by atoms with Gasteiger partial charge in [-0.1, -0.05) is 12.2 Å². The number of hydrogen-bond acceptors (Lipinski definition) is 8. The zero-order valence-electron chi connectivity index (χ0n) is 20.6. The minimum Gasteiger partial charge on any atom is -0.395 e. The molecule has 198 valence electrons. The highest BCUT2D eigenvalue weighted by Gasteiger charge is 2.33. The van der Waals surface area contributed by atoms with Crippen molar-refractivity contribution in [2.45, 2.75) is 25.8 Å². The zero-order valence-corrected chi connectivity index (χ0v) is 21.4. The van der Waals surface area contributed by atoms with Gasteiger partial charge in [0.05, 0.1) is 18.5 Å². The van der Waals surface area contributed by atoms with E-state index in [1.54, 1.807) is 16.9 Å². The summed E-state index contributed by atoms with van der Waals surface area (Å²) < 4.78 is 29.7. The number of halogens is 3. The first kappa shape index (κ1) is 26.8. The summed E-state index contributed by atoms with van der Waals surface area (Å²) >= 11 is 0. The molecule has 2 aliphatic rings. The average Bonchev–Trinajstić information content (AvgIpc) is 3.22. The van der Waals surface area contributed by atoms with Gasteiger partial charge in [0.25, 0.3) is 0 Å². The van der Waals surface area contributed by atoms with Crippen molar-refractivity contribution >= 4 is 35.9 Å². The Balaban J connectivity index is 0.00000320. The SMILES string of the molecule is Cc1c(/C=C/CN2CCN3c4cc(F)cc(F)c4CCC3C2)cnn1-c1cc(NCCO)nc(N)n1.Cl. The predicted octanol–water partition coefficient (Wildman–Crippen LogP) is 2.81. The molecule has 1 unspecified atom stereocenters. The van der Waals surface area contributed by atoms with Gasteiger partial charge < -0.3 is 21.1 Å². The van der Waals surface area contributed by atoms with Gasteiger partial charge in [0.15, 0.2) is 5.82 Å². The number of aliphatic hydroxyl groups excluding tert-OH is 1. The molecule has 0 bridgehead atoms. The summed E-state index contributed by atoms with van der Waals surface area (Å²) in [6.07, 6.45) is 7.43. The average molecular weight is 533 g/mol. The van der Waals surface area contributed by atoms with Gasteiger partial charge in [-0.25, -0.2) is 13.5 Å². The molecule has 9 nitrogen and oxygen atoms in total. The molecule has 2 aliphatic heterocycles. The molecule has 1 saturated heterocycles. The molecular weight excluding hydrogens is 502 g/mol. The number of fused-ring (bicyclic) bond motifs is 3. The van der Waals surface area contributed by atoms with E-state index in [1.807, 2.05) is 13.0 Å². The number of nitrogens with two attached hydrogens (primary N) is 1. The monoisotopic (exact) mass is 532 g/mol. The Morgan fingerprint density at radius 2 is 2.05 bits per heavy atom. The van der Waals surface area contributed by atoms with E-state index in [4.69, 9.17) is 10.8 Å². The quantitative estimate of drug-likeness (QED) is 0.426. The number of nitrogens with one attached hydrogen (secondary N) is 1. The molecule has 0 saturated carbocycles. The number of piperazine rings is 1. The van der Waals surface area contributed by atoms with E-state index < -0.39 is 11.6 Å². The van der Waals surface area contributed by atoms with Crippen molar-refractivity contribution in [1.29, 1.82) is 0 Å². The number of hydrogen-bond donors (Lipinski definition) is 3. The fourth-order valence-electron chi connectivity index (χ4n) is 5.04. The molecule has 5 rings (SSSR count). The van der Waals surface area contributed by atoms with Crippen molar-refractivity contribution in [3.8, 4) is 5.82 Å². The molecular formula is C25H31ClF2N8O. The van der Waals surface area contributed by atoms with Gasteiger partial charge in [-0.05, 0) is 25.8 Å². The van der Waals surface area contributed by atoms with Gasteiger partial charge in [-0.2, -0.15) is 15.1 Å². The van der Waals surface area contributed by atoms with E-state index in [0.717, 1.165) is 49.9 Å². The Labute approximate surface area is 220 Å². The Morgan fingerprint density at radius 1 is 1.22 bits per heavy atom. The maximum absolute atomic E-state index is 14.2. The van der Waals surface area contributed by atoms with Gasteiger partial charge in [0.2, 0.25) is 5.95 Å². The lowest BCUT2D eigenvalue weighted by molar-refractivity contribution is 0.233. The Morgan fingerprint density at radius 3 is 2.86 bits per heavy atom. The van der Waals surface area contributed by atoms with Crippen LogP contribution in [0.5, 0.6) is 0 Å². The highest BCUT2D eigenvalue weighted by Crippen LogP contribution is 2.35. The summed E-state index contributed by atoms with van der Waals surface area (Å²) in [6.45, 7) is 5.49. The van der Waals surface area contributed by atoms with Gasteiger partial charge in [-0.3, -0.25) is 4.90 Å². The van der Waals surface area contributed by atoms with Crippen LogP contribution >= 0.6 is 12.4 Å². The summed E-state index contributed by atoms with van der Waals surface area (Å²) in [4.78, 5) is 12.9. The number of benzene rings is 1. The first-order valence-corrected chi connectivity index (χ1v) is 12.1. The number of aliphatic hydroxyl groups is 1. The third-order valence-electron chi connectivity index (χ3n) is 6.81. The summed E-state index contributed by atoms with van der Waals surface area (Å²) in [6, 6.07) is 4.44. The lowest BCUT2D eigenvalue weighted by Gasteiger charge is -2.46. The molecule has 0 amide bonds. The Bertz CT molecular complexity index is 1280. The fraction of sp³-hybridized carbons (Fsp3) is 0.400. The van der Waals surface area contributed by atoms with Gasteiger partial charge in [-0.15, -0.1) is 12.4 Å². The second-order valence-electron chi connectivity index (χ2n) is 9.15. The van der Waals surface area contributed by atoms with Crippen molar-refractivity contribution in [3.63, 3.8) is 0 Å². The van der Waals surface area contributed by atoms with E-state index in [-0.39, 0.29) is 31.0 Å². The first-order chi connectivity index (χ1) is 17.4. The summed E-state index contributed by atoms with van der Waals surface area (Å²) in [5.74, 6) is 0.229. The van der Waals surface area contributed by atoms with Crippen LogP contribution in [0.3, 0.4) is 0 Å². The van der Waals surface area contributed by atoms with Crippen LogP contribution in [0.4, 0.5) is 26.2 Å². The van der Waals surface area contributed by atoms with Gasteiger partial charge in [0.1, 0.15) is 17.5 Å². The van der Waals surface area contributed by atoms with Crippen molar-refractivity contribution in [2.24, 2.45) is 0 Å². The lowest BCUT2D eigenvalue weighted by Crippen LogP contribution is -2.55. The number of aromatic nitrogens is 4. The molecule has 0 aliphatic carbocycles. The second kappa shape index (κ2) is 11.4. The van der Waals surface area contributed by atoms with Crippen LogP contribution in [0, 0.1) is 18.6 Å². The Hall–Kier alpha value is -3.28. The minimum atomic E-state index is -0.518. The molecule has 0 radical (unpaired) electrons. The molecule has 0 spiro atoms.